The molecule has 0 spiro atoms. The minimum Gasteiger partial charge on any atom is -0.494 e. The largest absolute Gasteiger partial charge is 0.574 e. The number of anilines is 1. The van der Waals surface area contributed by atoms with Gasteiger partial charge in [0.05, 0.1) is 19.0 Å². The van der Waals surface area contributed by atoms with Crippen molar-refractivity contribution in [3.8, 4) is 11.6 Å². The number of nitrogens with zero attached hydrogens (tertiary/aromatic N) is 1. The molecule has 0 amide bonds. The monoisotopic (exact) mass is 208 g/mol. The molecule has 0 aromatic carbocycles. The van der Waals surface area contributed by atoms with Crippen molar-refractivity contribution in [3.05, 3.63) is 12.3 Å². The summed E-state index contributed by atoms with van der Waals surface area (Å²) in [6.07, 6.45) is -3.74. The van der Waals surface area contributed by atoms with Crippen LogP contribution in [0.15, 0.2) is 12.3 Å². The smallest absolute Gasteiger partial charge is 0.494 e. The molecule has 1 rings (SSSR count). The number of ether oxygens (including phenoxy) is 2. The summed E-state index contributed by atoms with van der Waals surface area (Å²) in [7, 11) is 1.28. The van der Waals surface area contributed by atoms with Crippen LogP contribution in [0.3, 0.4) is 0 Å². The summed E-state index contributed by atoms with van der Waals surface area (Å²) in [5.74, 6) is -0.525. The third-order valence-electron chi connectivity index (χ3n) is 1.31. The van der Waals surface area contributed by atoms with Crippen LogP contribution < -0.4 is 15.2 Å². The topological polar surface area (TPSA) is 57.4 Å². The van der Waals surface area contributed by atoms with Gasteiger partial charge >= 0.3 is 6.36 Å². The molecule has 0 saturated carbocycles. The van der Waals surface area contributed by atoms with Crippen molar-refractivity contribution >= 4 is 5.69 Å². The highest BCUT2D eigenvalue weighted by molar-refractivity contribution is 5.52. The molecular weight excluding hydrogens is 201 g/mol. The van der Waals surface area contributed by atoms with Crippen molar-refractivity contribution in [1.29, 1.82) is 0 Å². The fourth-order valence-corrected chi connectivity index (χ4v) is 0.781. The predicted octanol–water partition coefficient (Wildman–Crippen LogP) is 1.57. The van der Waals surface area contributed by atoms with Crippen LogP contribution in [0.4, 0.5) is 18.9 Å². The summed E-state index contributed by atoms with van der Waals surface area (Å²) >= 11 is 0. The van der Waals surface area contributed by atoms with Gasteiger partial charge < -0.3 is 15.2 Å². The molecule has 4 nitrogen and oxygen atoms in total. The third-order valence-corrected chi connectivity index (χ3v) is 1.31. The molecule has 1 aromatic heterocycles. The Bertz CT molecular complexity index is 327. The standard InChI is InChI=1S/C7H7F3N2O2/c1-13-5-2-6(12-3-4(5)11)14-7(8,9)10/h2-3H,11H2,1H3. The fourth-order valence-electron chi connectivity index (χ4n) is 0.781. The lowest BCUT2D eigenvalue weighted by Crippen LogP contribution is -2.18. The highest BCUT2D eigenvalue weighted by Crippen LogP contribution is 2.27. The molecule has 14 heavy (non-hydrogen) atoms. The lowest BCUT2D eigenvalue weighted by Gasteiger charge is -2.09. The Balaban J connectivity index is 2.90. The van der Waals surface area contributed by atoms with E-state index in [-0.39, 0.29) is 11.4 Å². The fraction of sp³-hybridized carbons (Fsp3) is 0.286. The molecular formula is C7H7F3N2O2. The first-order valence-corrected chi connectivity index (χ1v) is 3.47. The zero-order valence-corrected chi connectivity index (χ0v) is 7.13. The van der Waals surface area contributed by atoms with Gasteiger partial charge in [0.1, 0.15) is 5.75 Å². The van der Waals surface area contributed by atoms with Gasteiger partial charge in [-0.15, -0.1) is 13.2 Å². The molecule has 1 aromatic rings. The number of aromatic nitrogens is 1. The normalized spacial score (nSPS) is 11.1. The Morgan fingerprint density at radius 2 is 2.07 bits per heavy atom. The lowest BCUT2D eigenvalue weighted by atomic mass is 10.4. The van der Waals surface area contributed by atoms with Crippen molar-refractivity contribution in [1.82, 2.24) is 4.98 Å². The summed E-state index contributed by atoms with van der Waals surface area (Å²) in [5.41, 5.74) is 5.48. The SMILES string of the molecule is COc1cc(OC(F)(F)F)ncc1N. The highest BCUT2D eigenvalue weighted by Gasteiger charge is 2.32. The van der Waals surface area contributed by atoms with Gasteiger partial charge in [0.25, 0.3) is 0 Å². The number of hydrogen-bond donors (Lipinski definition) is 1. The number of rotatable bonds is 2. The number of halogens is 3. The predicted molar refractivity (Wildman–Crippen MR) is 41.9 cm³/mol. The third kappa shape index (κ3) is 2.68. The average Bonchev–Trinajstić information content (AvgIpc) is 2.06. The van der Waals surface area contributed by atoms with Gasteiger partial charge in [0, 0.05) is 6.07 Å². The van der Waals surface area contributed by atoms with E-state index in [4.69, 9.17) is 5.73 Å². The molecule has 0 atom stereocenters. The molecule has 78 valence electrons. The minimum atomic E-state index is -4.77. The van der Waals surface area contributed by atoms with Crippen molar-refractivity contribution < 1.29 is 22.6 Å². The lowest BCUT2D eigenvalue weighted by molar-refractivity contribution is -0.276. The molecule has 0 fully saturated rings. The van der Waals surface area contributed by atoms with Crippen LogP contribution >= 0.6 is 0 Å². The van der Waals surface area contributed by atoms with Crippen LogP contribution in [0.5, 0.6) is 11.6 Å². The molecule has 0 aliphatic carbocycles. The van der Waals surface area contributed by atoms with Gasteiger partial charge in [-0.1, -0.05) is 0 Å². The Morgan fingerprint density at radius 1 is 1.43 bits per heavy atom. The van der Waals surface area contributed by atoms with Gasteiger partial charge in [-0.2, -0.15) is 0 Å². The zero-order valence-electron chi connectivity index (χ0n) is 7.13. The second kappa shape index (κ2) is 3.60. The maximum absolute atomic E-state index is 11.7. The first-order chi connectivity index (χ1) is 6.42. The molecule has 0 bridgehead atoms. The van der Waals surface area contributed by atoms with E-state index in [0.717, 1.165) is 12.3 Å². The van der Waals surface area contributed by atoms with E-state index in [1.165, 1.54) is 7.11 Å². The molecule has 0 radical (unpaired) electrons. The number of nitrogen functional groups attached to an aromatic ring is 1. The molecule has 0 aliphatic heterocycles. The van der Waals surface area contributed by atoms with Crippen LogP contribution in [0, 0.1) is 0 Å². The van der Waals surface area contributed by atoms with Gasteiger partial charge in [0.15, 0.2) is 0 Å². The van der Waals surface area contributed by atoms with E-state index in [1.54, 1.807) is 0 Å². The van der Waals surface area contributed by atoms with Gasteiger partial charge in [-0.05, 0) is 0 Å². The van der Waals surface area contributed by atoms with Gasteiger partial charge in [-0.3, -0.25) is 0 Å². The number of pyridine rings is 1. The summed E-state index contributed by atoms with van der Waals surface area (Å²) in [5, 5.41) is 0. The van der Waals surface area contributed by atoms with Crippen molar-refractivity contribution in [3.63, 3.8) is 0 Å². The van der Waals surface area contributed by atoms with Gasteiger partial charge in [0.2, 0.25) is 5.88 Å². The summed E-state index contributed by atoms with van der Waals surface area (Å²) < 4.78 is 43.5. The quantitative estimate of drug-likeness (QED) is 0.801. The second-order valence-corrected chi connectivity index (χ2v) is 2.31. The number of methoxy groups -OCH3 is 1. The van der Waals surface area contributed by atoms with E-state index in [2.05, 4.69) is 14.5 Å². The summed E-state index contributed by atoms with van der Waals surface area (Å²) in [6, 6.07) is 0.961. The first-order valence-electron chi connectivity index (χ1n) is 3.47. The minimum absolute atomic E-state index is 0.0826. The van der Waals surface area contributed by atoms with Crippen LogP contribution in [-0.2, 0) is 0 Å². The van der Waals surface area contributed by atoms with Crippen molar-refractivity contribution in [2.24, 2.45) is 0 Å². The van der Waals surface area contributed by atoms with E-state index in [1.807, 2.05) is 0 Å². The highest BCUT2D eigenvalue weighted by atomic mass is 19.4. The van der Waals surface area contributed by atoms with Crippen molar-refractivity contribution in [2.45, 2.75) is 6.36 Å². The van der Waals surface area contributed by atoms with Crippen LogP contribution in [0.25, 0.3) is 0 Å². The maximum Gasteiger partial charge on any atom is 0.574 e. The zero-order chi connectivity index (χ0) is 10.8. The van der Waals surface area contributed by atoms with Crippen LogP contribution in [-0.4, -0.2) is 18.5 Å². The van der Waals surface area contributed by atoms with Crippen molar-refractivity contribution in [2.75, 3.05) is 12.8 Å². The number of alkyl halides is 3. The Kier molecular flexibility index (Phi) is 2.68. The Hall–Kier alpha value is -1.66. The van der Waals surface area contributed by atoms with E-state index < -0.39 is 12.2 Å². The summed E-state index contributed by atoms with van der Waals surface area (Å²) in [4.78, 5) is 3.33. The molecule has 0 aliphatic rings. The first kappa shape index (κ1) is 10.4. The second-order valence-electron chi connectivity index (χ2n) is 2.31. The number of hydrogen-bond acceptors (Lipinski definition) is 4. The van der Waals surface area contributed by atoms with Crippen LogP contribution in [0.2, 0.25) is 0 Å². The molecule has 0 unspecified atom stereocenters. The number of nitrogens with two attached hydrogens (primary N) is 1. The molecule has 0 saturated heterocycles. The average molecular weight is 208 g/mol. The Morgan fingerprint density at radius 3 is 2.57 bits per heavy atom. The summed E-state index contributed by atoms with van der Waals surface area (Å²) in [6.45, 7) is 0. The van der Waals surface area contributed by atoms with E-state index in [0.29, 0.717) is 0 Å². The van der Waals surface area contributed by atoms with E-state index in [9.17, 15) is 13.2 Å². The van der Waals surface area contributed by atoms with Gasteiger partial charge in [-0.25, -0.2) is 4.98 Å². The molecule has 2 N–H and O–H groups in total. The Labute approximate surface area is 77.4 Å². The van der Waals surface area contributed by atoms with Crippen LogP contribution in [0.1, 0.15) is 0 Å². The molecule has 7 heteroatoms. The molecule has 1 heterocycles. The van der Waals surface area contributed by atoms with E-state index >= 15 is 0 Å². The maximum atomic E-state index is 11.7.